The second-order valence-corrected chi connectivity index (χ2v) is 5.31. The van der Waals surface area contributed by atoms with Gasteiger partial charge in [-0.1, -0.05) is 18.2 Å². The van der Waals surface area contributed by atoms with E-state index < -0.39 is 0 Å². The maximum absolute atomic E-state index is 6.01. The number of hydrogen-bond donors (Lipinski definition) is 1. The first-order valence-electron chi connectivity index (χ1n) is 6.06. The van der Waals surface area contributed by atoms with Gasteiger partial charge in [0.05, 0.1) is 13.7 Å². The number of ether oxygens (including phenoxy) is 1. The molecule has 98 valence electrons. The first kappa shape index (κ1) is 13.1. The van der Waals surface area contributed by atoms with E-state index in [1.807, 2.05) is 36.0 Å². The summed E-state index contributed by atoms with van der Waals surface area (Å²) < 4.78 is 5.30. The Bertz CT molecular complexity index is 416. The van der Waals surface area contributed by atoms with Crippen molar-refractivity contribution in [3.63, 3.8) is 0 Å². The van der Waals surface area contributed by atoms with E-state index in [-0.39, 0.29) is 0 Å². The number of benzene rings is 1. The standard InChI is InChI=1S/C13H19N3OS/c1-17-12-5-3-2-4-11(12)10-15-13(14)16-6-8-18-9-7-16/h2-5H,6-10H2,1H3,(H2,14,15). The highest BCUT2D eigenvalue weighted by atomic mass is 32.2. The number of thioether (sulfide) groups is 1. The Morgan fingerprint density at radius 2 is 2.11 bits per heavy atom. The minimum atomic E-state index is 0.569. The maximum atomic E-state index is 6.01. The fourth-order valence-corrected chi connectivity index (χ4v) is 2.80. The first-order chi connectivity index (χ1) is 8.81. The molecule has 18 heavy (non-hydrogen) atoms. The maximum Gasteiger partial charge on any atom is 0.191 e. The van der Waals surface area contributed by atoms with Crippen molar-refractivity contribution in [3.8, 4) is 5.75 Å². The second kappa shape index (κ2) is 6.54. The summed E-state index contributed by atoms with van der Waals surface area (Å²) >= 11 is 1.96. The van der Waals surface area contributed by atoms with Gasteiger partial charge in [-0.05, 0) is 6.07 Å². The number of nitrogens with zero attached hydrogens (tertiary/aromatic N) is 2. The van der Waals surface area contributed by atoms with Crippen LogP contribution in [0, 0.1) is 0 Å². The summed E-state index contributed by atoms with van der Waals surface area (Å²) in [6, 6.07) is 7.90. The Kier molecular flexibility index (Phi) is 4.75. The van der Waals surface area contributed by atoms with Crippen LogP contribution in [0.15, 0.2) is 29.3 Å². The molecule has 0 atom stereocenters. The molecular formula is C13H19N3OS. The van der Waals surface area contributed by atoms with E-state index in [0.717, 1.165) is 35.9 Å². The summed E-state index contributed by atoms with van der Waals surface area (Å²) in [6.45, 7) is 2.55. The van der Waals surface area contributed by atoms with E-state index in [2.05, 4.69) is 9.89 Å². The number of guanidine groups is 1. The molecule has 0 unspecified atom stereocenters. The number of methoxy groups -OCH3 is 1. The van der Waals surface area contributed by atoms with Crippen molar-refractivity contribution in [2.75, 3.05) is 31.7 Å². The lowest BCUT2D eigenvalue weighted by molar-refractivity contribution is 0.409. The van der Waals surface area contributed by atoms with Crippen molar-refractivity contribution in [1.29, 1.82) is 0 Å². The van der Waals surface area contributed by atoms with Crippen molar-refractivity contribution in [2.24, 2.45) is 10.7 Å². The zero-order valence-electron chi connectivity index (χ0n) is 10.6. The Morgan fingerprint density at radius 3 is 2.83 bits per heavy atom. The van der Waals surface area contributed by atoms with Gasteiger partial charge in [-0.3, -0.25) is 0 Å². The van der Waals surface area contributed by atoms with Crippen molar-refractivity contribution < 1.29 is 4.74 Å². The van der Waals surface area contributed by atoms with E-state index in [4.69, 9.17) is 10.5 Å². The lowest BCUT2D eigenvalue weighted by Crippen LogP contribution is -2.42. The second-order valence-electron chi connectivity index (χ2n) is 4.09. The number of nitrogens with two attached hydrogens (primary N) is 1. The van der Waals surface area contributed by atoms with Crippen LogP contribution < -0.4 is 10.5 Å². The molecule has 2 rings (SSSR count). The topological polar surface area (TPSA) is 50.9 Å². The zero-order chi connectivity index (χ0) is 12.8. The summed E-state index contributed by atoms with van der Waals surface area (Å²) in [5, 5.41) is 0. The number of aliphatic imine (C=N–C) groups is 1. The molecule has 5 heteroatoms. The fourth-order valence-electron chi connectivity index (χ4n) is 1.89. The van der Waals surface area contributed by atoms with Crippen molar-refractivity contribution in [3.05, 3.63) is 29.8 Å². The molecule has 1 saturated heterocycles. The molecule has 0 bridgehead atoms. The van der Waals surface area contributed by atoms with Gasteiger partial charge in [0.25, 0.3) is 0 Å². The van der Waals surface area contributed by atoms with E-state index >= 15 is 0 Å². The lowest BCUT2D eigenvalue weighted by Gasteiger charge is -2.27. The Labute approximate surface area is 112 Å². The van der Waals surface area contributed by atoms with Gasteiger partial charge in [0.15, 0.2) is 5.96 Å². The molecule has 0 aliphatic carbocycles. The zero-order valence-corrected chi connectivity index (χ0v) is 11.4. The molecule has 1 aromatic carbocycles. The summed E-state index contributed by atoms with van der Waals surface area (Å²) in [5.74, 6) is 3.76. The average molecular weight is 265 g/mol. The molecule has 0 spiro atoms. The molecule has 1 fully saturated rings. The Hall–Kier alpha value is -1.36. The van der Waals surface area contributed by atoms with Crippen LogP contribution in [0.25, 0.3) is 0 Å². The van der Waals surface area contributed by atoms with Crippen molar-refractivity contribution in [1.82, 2.24) is 4.90 Å². The normalized spacial score (nSPS) is 16.7. The van der Waals surface area contributed by atoms with Crippen LogP contribution in [0.1, 0.15) is 5.56 Å². The van der Waals surface area contributed by atoms with Crippen LogP contribution in [0.3, 0.4) is 0 Å². The summed E-state index contributed by atoms with van der Waals surface area (Å²) in [7, 11) is 1.67. The lowest BCUT2D eigenvalue weighted by atomic mass is 10.2. The monoisotopic (exact) mass is 265 g/mol. The largest absolute Gasteiger partial charge is 0.496 e. The Morgan fingerprint density at radius 1 is 1.39 bits per heavy atom. The minimum Gasteiger partial charge on any atom is -0.496 e. The third-order valence-corrected chi connectivity index (χ3v) is 3.88. The van der Waals surface area contributed by atoms with Crippen LogP contribution >= 0.6 is 11.8 Å². The molecule has 1 aliphatic rings. The smallest absolute Gasteiger partial charge is 0.191 e. The van der Waals surface area contributed by atoms with Gasteiger partial charge in [-0.15, -0.1) is 0 Å². The van der Waals surface area contributed by atoms with Crippen LogP contribution in [0.2, 0.25) is 0 Å². The highest BCUT2D eigenvalue weighted by Crippen LogP contribution is 2.18. The summed E-state index contributed by atoms with van der Waals surface area (Å²) in [5.41, 5.74) is 7.08. The molecule has 1 aliphatic heterocycles. The summed E-state index contributed by atoms with van der Waals surface area (Å²) in [6.07, 6.45) is 0. The number of rotatable bonds is 3. The molecule has 1 aromatic rings. The van der Waals surface area contributed by atoms with Crippen LogP contribution in [-0.4, -0.2) is 42.6 Å². The third kappa shape index (κ3) is 3.32. The summed E-state index contributed by atoms with van der Waals surface area (Å²) in [4.78, 5) is 6.60. The number of hydrogen-bond acceptors (Lipinski definition) is 3. The number of para-hydroxylation sites is 1. The Balaban J connectivity index is 2.00. The van der Waals surface area contributed by atoms with Gasteiger partial charge in [0, 0.05) is 30.2 Å². The van der Waals surface area contributed by atoms with Gasteiger partial charge in [-0.2, -0.15) is 11.8 Å². The molecule has 0 aromatic heterocycles. The van der Waals surface area contributed by atoms with Gasteiger partial charge < -0.3 is 15.4 Å². The quantitative estimate of drug-likeness (QED) is 0.665. The molecule has 0 radical (unpaired) electrons. The third-order valence-electron chi connectivity index (χ3n) is 2.94. The molecule has 0 saturated carbocycles. The van der Waals surface area contributed by atoms with E-state index in [9.17, 15) is 0 Å². The van der Waals surface area contributed by atoms with Gasteiger partial charge in [0.2, 0.25) is 0 Å². The molecule has 2 N–H and O–H groups in total. The SMILES string of the molecule is COc1ccccc1CN=C(N)N1CCSCC1. The van der Waals surface area contributed by atoms with Gasteiger partial charge >= 0.3 is 0 Å². The molecule has 0 amide bonds. The highest BCUT2D eigenvalue weighted by Gasteiger charge is 2.12. The van der Waals surface area contributed by atoms with E-state index in [1.165, 1.54) is 0 Å². The van der Waals surface area contributed by atoms with Gasteiger partial charge in [-0.25, -0.2) is 4.99 Å². The minimum absolute atomic E-state index is 0.569. The molecular weight excluding hydrogens is 246 g/mol. The fraction of sp³-hybridized carbons (Fsp3) is 0.462. The molecule has 4 nitrogen and oxygen atoms in total. The first-order valence-corrected chi connectivity index (χ1v) is 7.21. The van der Waals surface area contributed by atoms with Gasteiger partial charge in [0.1, 0.15) is 5.75 Å². The predicted molar refractivity (Wildman–Crippen MR) is 77.2 cm³/mol. The van der Waals surface area contributed by atoms with Crippen molar-refractivity contribution >= 4 is 17.7 Å². The highest BCUT2D eigenvalue weighted by molar-refractivity contribution is 7.99. The average Bonchev–Trinajstić information content (AvgIpc) is 2.46. The van der Waals surface area contributed by atoms with Crippen LogP contribution in [0.5, 0.6) is 5.75 Å². The predicted octanol–water partition coefficient (Wildman–Crippen LogP) is 1.56. The molecule has 1 heterocycles. The van der Waals surface area contributed by atoms with Crippen molar-refractivity contribution in [2.45, 2.75) is 6.54 Å². The van der Waals surface area contributed by atoms with E-state index in [0.29, 0.717) is 12.5 Å². The van der Waals surface area contributed by atoms with E-state index in [1.54, 1.807) is 7.11 Å². The van der Waals surface area contributed by atoms with Crippen LogP contribution in [0.4, 0.5) is 0 Å². The van der Waals surface area contributed by atoms with Crippen LogP contribution in [-0.2, 0) is 6.54 Å².